The summed E-state index contributed by atoms with van der Waals surface area (Å²) in [4.78, 5) is 9.11. The predicted octanol–water partition coefficient (Wildman–Crippen LogP) is 3.09. The second-order valence-corrected chi connectivity index (χ2v) is 5.45. The summed E-state index contributed by atoms with van der Waals surface area (Å²) >= 11 is 3.54. The normalized spacial score (nSPS) is 19.2. The van der Waals surface area contributed by atoms with E-state index in [0.717, 1.165) is 60.6 Å². The number of anilines is 1. The van der Waals surface area contributed by atoms with Crippen molar-refractivity contribution in [2.45, 2.75) is 45.6 Å². The molecule has 18 heavy (non-hydrogen) atoms. The third-order valence-corrected chi connectivity index (χ3v) is 3.99. The zero-order valence-electron chi connectivity index (χ0n) is 11.0. The molecule has 0 amide bonds. The highest BCUT2D eigenvalue weighted by Crippen LogP contribution is 2.24. The highest BCUT2D eigenvalue weighted by Gasteiger charge is 2.18. The van der Waals surface area contributed by atoms with Gasteiger partial charge in [-0.1, -0.05) is 6.92 Å². The van der Waals surface area contributed by atoms with E-state index in [1.165, 1.54) is 0 Å². The lowest BCUT2D eigenvalue weighted by molar-refractivity contribution is 0.110. The lowest BCUT2D eigenvalue weighted by atomic mass is 10.2. The molecule has 4 nitrogen and oxygen atoms in total. The SMILES string of the molecule is CCCNc1nc(CC2CCCO2)nc(C)c1Br. The van der Waals surface area contributed by atoms with Gasteiger partial charge in [0.2, 0.25) is 0 Å². The Morgan fingerprint density at radius 3 is 2.94 bits per heavy atom. The Labute approximate surface area is 117 Å². The van der Waals surface area contributed by atoms with E-state index in [2.05, 4.69) is 38.1 Å². The summed E-state index contributed by atoms with van der Waals surface area (Å²) in [5, 5.41) is 3.33. The molecule has 1 fully saturated rings. The van der Waals surface area contributed by atoms with Crippen LogP contribution in [0.4, 0.5) is 5.82 Å². The van der Waals surface area contributed by atoms with Gasteiger partial charge in [0.15, 0.2) is 0 Å². The van der Waals surface area contributed by atoms with E-state index in [9.17, 15) is 0 Å². The summed E-state index contributed by atoms with van der Waals surface area (Å²) < 4.78 is 6.60. The van der Waals surface area contributed by atoms with Crippen LogP contribution < -0.4 is 5.32 Å². The summed E-state index contributed by atoms with van der Waals surface area (Å²) in [6, 6.07) is 0. The van der Waals surface area contributed by atoms with Crippen LogP contribution in [0.1, 0.15) is 37.7 Å². The van der Waals surface area contributed by atoms with Crippen LogP contribution in [0.5, 0.6) is 0 Å². The number of aryl methyl sites for hydroxylation is 1. The van der Waals surface area contributed by atoms with Crippen molar-refractivity contribution < 1.29 is 4.74 Å². The minimum Gasteiger partial charge on any atom is -0.378 e. The van der Waals surface area contributed by atoms with E-state index in [-0.39, 0.29) is 0 Å². The number of nitrogens with one attached hydrogen (secondary N) is 1. The molecular weight excluding hydrogens is 294 g/mol. The number of hydrogen-bond donors (Lipinski definition) is 1. The number of hydrogen-bond acceptors (Lipinski definition) is 4. The van der Waals surface area contributed by atoms with Crippen LogP contribution in [-0.2, 0) is 11.2 Å². The number of nitrogens with zero attached hydrogens (tertiary/aromatic N) is 2. The number of ether oxygens (including phenoxy) is 1. The third-order valence-electron chi connectivity index (χ3n) is 3.04. The predicted molar refractivity (Wildman–Crippen MR) is 75.9 cm³/mol. The molecule has 1 aliphatic heterocycles. The van der Waals surface area contributed by atoms with Crippen LogP contribution in [0.3, 0.4) is 0 Å². The van der Waals surface area contributed by atoms with Gasteiger partial charge in [0.05, 0.1) is 16.3 Å². The van der Waals surface area contributed by atoms with Crippen molar-refractivity contribution >= 4 is 21.7 Å². The molecule has 0 aromatic carbocycles. The first kappa shape index (κ1) is 13.7. The van der Waals surface area contributed by atoms with Gasteiger partial charge >= 0.3 is 0 Å². The Hall–Kier alpha value is -0.680. The number of aromatic nitrogens is 2. The fraction of sp³-hybridized carbons (Fsp3) is 0.692. The standard InChI is InChI=1S/C13H20BrN3O/c1-3-6-15-13-12(14)9(2)16-11(17-13)8-10-5-4-7-18-10/h10H,3-8H2,1-2H3,(H,15,16,17). The Morgan fingerprint density at radius 2 is 2.28 bits per heavy atom. The van der Waals surface area contributed by atoms with Crippen LogP contribution in [0.2, 0.25) is 0 Å². The maximum atomic E-state index is 5.64. The molecule has 1 N–H and O–H groups in total. The van der Waals surface area contributed by atoms with Crippen LogP contribution in [0, 0.1) is 6.92 Å². The smallest absolute Gasteiger partial charge is 0.144 e. The van der Waals surface area contributed by atoms with Gasteiger partial charge < -0.3 is 10.1 Å². The van der Waals surface area contributed by atoms with Crippen molar-refractivity contribution in [1.82, 2.24) is 9.97 Å². The van der Waals surface area contributed by atoms with Crippen molar-refractivity contribution in [3.63, 3.8) is 0 Å². The fourth-order valence-electron chi connectivity index (χ4n) is 2.08. The minimum atomic E-state index is 0.296. The summed E-state index contributed by atoms with van der Waals surface area (Å²) in [5.41, 5.74) is 0.983. The molecule has 1 unspecified atom stereocenters. The molecule has 100 valence electrons. The second-order valence-electron chi connectivity index (χ2n) is 4.65. The first-order valence-electron chi connectivity index (χ1n) is 6.59. The van der Waals surface area contributed by atoms with E-state index < -0.39 is 0 Å². The topological polar surface area (TPSA) is 47.0 Å². The Bertz CT molecular complexity index is 405. The van der Waals surface area contributed by atoms with E-state index >= 15 is 0 Å². The lowest BCUT2D eigenvalue weighted by Gasteiger charge is -2.13. The summed E-state index contributed by atoms with van der Waals surface area (Å²) in [6.07, 6.45) is 4.47. The molecule has 5 heteroatoms. The van der Waals surface area contributed by atoms with Crippen LogP contribution in [0.25, 0.3) is 0 Å². The molecule has 1 aromatic rings. The molecular formula is C13H20BrN3O. The van der Waals surface area contributed by atoms with Crippen molar-refractivity contribution in [2.75, 3.05) is 18.5 Å². The van der Waals surface area contributed by atoms with Crippen LogP contribution >= 0.6 is 15.9 Å². The zero-order chi connectivity index (χ0) is 13.0. The first-order valence-corrected chi connectivity index (χ1v) is 7.38. The molecule has 1 aromatic heterocycles. The Balaban J connectivity index is 2.11. The van der Waals surface area contributed by atoms with E-state index in [4.69, 9.17) is 4.74 Å². The zero-order valence-corrected chi connectivity index (χ0v) is 12.6. The second kappa shape index (κ2) is 6.48. The van der Waals surface area contributed by atoms with Gasteiger partial charge in [-0.2, -0.15) is 0 Å². The van der Waals surface area contributed by atoms with Gasteiger partial charge in [-0.05, 0) is 42.1 Å². The van der Waals surface area contributed by atoms with Gasteiger partial charge in [-0.3, -0.25) is 0 Å². The summed E-state index contributed by atoms with van der Waals surface area (Å²) in [5.74, 6) is 1.78. The molecule has 0 spiro atoms. The molecule has 0 radical (unpaired) electrons. The molecule has 1 aliphatic rings. The van der Waals surface area contributed by atoms with E-state index in [1.54, 1.807) is 0 Å². The van der Waals surface area contributed by atoms with Crippen LogP contribution in [-0.4, -0.2) is 29.2 Å². The average Bonchev–Trinajstić information content (AvgIpc) is 2.84. The van der Waals surface area contributed by atoms with Gasteiger partial charge in [-0.15, -0.1) is 0 Å². The Morgan fingerprint density at radius 1 is 1.44 bits per heavy atom. The lowest BCUT2D eigenvalue weighted by Crippen LogP contribution is -2.14. The van der Waals surface area contributed by atoms with Gasteiger partial charge in [0, 0.05) is 19.6 Å². The first-order chi connectivity index (χ1) is 8.70. The van der Waals surface area contributed by atoms with Gasteiger partial charge in [0.1, 0.15) is 11.6 Å². The highest BCUT2D eigenvalue weighted by molar-refractivity contribution is 9.10. The quantitative estimate of drug-likeness (QED) is 0.907. The fourth-order valence-corrected chi connectivity index (χ4v) is 2.40. The molecule has 1 saturated heterocycles. The number of halogens is 1. The number of rotatable bonds is 5. The monoisotopic (exact) mass is 313 g/mol. The van der Waals surface area contributed by atoms with Gasteiger partial charge in [-0.25, -0.2) is 9.97 Å². The molecule has 1 atom stereocenters. The van der Waals surface area contributed by atoms with E-state index in [1.807, 2.05) is 6.92 Å². The van der Waals surface area contributed by atoms with E-state index in [0.29, 0.717) is 6.10 Å². The molecule has 0 aliphatic carbocycles. The van der Waals surface area contributed by atoms with Crippen molar-refractivity contribution in [2.24, 2.45) is 0 Å². The maximum Gasteiger partial charge on any atom is 0.144 e. The average molecular weight is 314 g/mol. The minimum absolute atomic E-state index is 0.296. The summed E-state index contributed by atoms with van der Waals surface area (Å²) in [7, 11) is 0. The molecule has 0 bridgehead atoms. The largest absolute Gasteiger partial charge is 0.378 e. The maximum absolute atomic E-state index is 5.64. The Kier molecular flexibility index (Phi) is 4.95. The van der Waals surface area contributed by atoms with Crippen LogP contribution in [0.15, 0.2) is 4.47 Å². The van der Waals surface area contributed by atoms with Crippen molar-refractivity contribution in [3.8, 4) is 0 Å². The molecule has 0 saturated carbocycles. The molecule has 2 heterocycles. The third kappa shape index (κ3) is 3.42. The highest BCUT2D eigenvalue weighted by atomic mass is 79.9. The molecule has 2 rings (SSSR count). The van der Waals surface area contributed by atoms with Gasteiger partial charge in [0.25, 0.3) is 0 Å². The summed E-state index contributed by atoms with van der Waals surface area (Å²) in [6.45, 7) is 5.94. The van der Waals surface area contributed by atoms with Crippen molar-refractivity contribution in [3.05, 3.63) is 16.0 Å². The van der Waals surface area contributed by atoms with Crippen molar-refractivity contribution in [1.29, 1.82) is 0 Å².